The molecule has 0 saturated carbocycles. The van der Waals surface area contributed by atoms with E-state index in [0.717, 1.165) is 21.9 Å². The summed E-state index contributed by atoms with van der Waals surface area (Å²) in [6, 6.07) is 3.66. The Morgan fingerprint density at radius 3 is 2.70 bits per heavy atom. The van der Waals surface area contributed by atoms with Crippen molar-refractivity contribution in [3.8, 4) is 0 Å². The molecule has 1 saturated heterocycles. The van der Waals surface area contributed by atoms with E-state index in [0.29, 0.717) is 19.5 Å². The number of amides is 1. The molecule has 1 fully saturated rings. The molecule has 3 rings (SSSR count). The average molecular weight is 412 g/mol. The molecule has 27 heavy (non-hydrogen) atoms. The number of hydrogen-bond acceptors (Lipinski definition) is 7. The second-order valence-corrected chi connectivity index (χ2v) is 10.4. The molecule has 0 bridgehead atoms. The molecule has 7 nitrogen and oxygen atoms in total. The van der Waals surface area contributed by atoms with Crippen molar-refractivity contribution in [3.05, 3.63) is 39.4 Å². The number of rotatable bonds is 7. The van der Waals surface area contributed by atoms with Gasteiger partial charge in [0.25, 0.3) is 0 Å². The second-order valence-electron chi connectivity index (χ2n) is 7.13. The van der Waals surface area contributed by atoms with Crippen molar-refractivity contribution < 1.29 is 17.7 Å². The number of aryl methyl sites for hydroxylation is 2. The normalized spacial score (nSPS) is 18.9. The quantitative estimate of drug-likeness (QED) is 0.693. The molecule has 1 atom stereocenters. The van der Waals surface area contributed by atoms with Gasteiger partial charge in [-0.1, -0.05) is 11.2 Å². The van der Waals surface area contributed by atoms with Crippen LogP contribution >= 0.6 is 11.3 Å². The molecule has 1 aliphatic rings. The molecule has 3 heterocycles. The minimum absolute atomic E-state index is 0.0533. The zero-order valence-corrected chi connectivity index (χ0v) is 17.5. The minimum Gasteiger partial charge on any atom is -0.361 e. The van der Waals surface area contributed by atoms with Gasteiger partial charge in [0.2, 0.25) is 5.91 Å². The molecule has 0 N–H and O–H groups in total. The first-order chi connectivity index (χ1) is 12.7. The highest BCUT2D eigenvalue weighted by atomic mass is 32.2. The van der Waals surface area contributed by atoms with Crippen LogP contribution in [0.4, 0.5) is 0 Å². The summed E-state index contributed by atoms with van der Waals surface area (Å²) in [4.78, 5) is 17.7. The van der Waals surface area contributed by atoms with Crippen LogP contribution in [0.3, 0.4) is 0 Å². The lowest BCUT2D eigenvalue weighted by Crippen LogP contribution is -2.45. The Bertz CT molecular complexity index is 870. The van der Waals surface area contributed by atoms with E-state index in [1.165, 1.54) is 0 Å². The Hall–Kier alpha value is -1.71. The number of sulfone groups is 1. The van der Waals surface area contributed by atoms with E-state index in [2.05, 4.69) is 5.16 Å². The maximum atomic E-state index is 13.0. The monoisotopic (exact) mass is 411 g/mol. The molecule has 9 heteroatoms. The van der Waals surface area contributed by atoms with Crippen molar-refractivity contribution in [2.24, 2.45) is 0 Å². The van der Waals surface area contributed by atoms with Crippen LogP contribution in [0.5, 0.6) is 0 Å². The molecule has 148 valence electrons. The van der Waals surface area contributed by atoms with Crippen LogP contribution in [0.2, 0.25) is 0 Å². The van der Waals surface area contributed by atoms with Gasteiger partial charge in [0.15, 0.2) is 9.84 Å². The summed E-state index contributed by atoms with van der Waals surface area (Å²) in [7, 11) is -1.18. The SMILES string of the molecule is Cc1noc(C)c1CN(C)CC(=O)N(Cc1cccs1)C1CCS(=O)(=O)C1. The van der Waals surface area contributed by atoms with E-state index in [-0.39, 0.29) is 30.0 Å². The highest BCUT2D eigenvalue weighted by molar-refractivity contribution is 7.91. The van der Waals surface area contributed by atoms with Crippen molar-refractivity contribution in [2.75, 3.05) is 25.1 Å². The first-order valence-corrected chi connectivity index (χ1v) is 11.6. The van der Waals surface area contributed by atoms with Gasteiger partial charge in [-0.25, -0.2) is 8.42 Å². The Morgan fingerprint density at radius 2 is 2.15 bits per heavy atom. The van der Waals surface area contributed by atoms with Crippen LogP contribution in [0.15, 0.2) is 22.0 Å². The summed E-state index contributed by atoms with van der Waals surface area (Å²) in [5, 5.41) is 5.92. The summed E-state index contributed by atoms with van der Waals surface area (Å²) in [5.41, 5.74) is 1.81. The van der Waals surface area contributed by atoms with E-state index < -0.39 is 9.84 Å². The summed E-state index contributed by atoms with van der Waals surface area (Å²) < 4.78 is 29.0. The van der Waals surface area contributed by atoms with Crippen molar-refractivity contribution in [2.45, 2.75) is 39.4 Å². The summed E-state index contributed by atoms with van der Waals surface area (Å²) in [6.07, 6.45) is 0.507. The molecule has 0 spiro atoms. The van der Waals surface area contributed by atoms with Gasteiger partial charge in [-0.2, -0.15) is 0 Å². The first kappa shape index (κ1) is 20.0. The van der Waals surface area contributed by atoms with Crippen LogP contribution in [0.25, 0.3) is 0 Å². The van der Waals surface area contributed by atoms with E-state index in [4.69, 9.17) is 4.52 Å². The fourth-order valence-corrected chi connectivity index (χ4v) is 5.82. The van der Waals surface area contributed by atoms with E-state index in [1.807, 2.05) is 43.3 Å². The van der Waals surface area contributed by atoms with Crippen LogP contribution in [0, 0.1) is 13.8 Å². The Morgan fingerprint density at radius 1 is 1.37 bits per heavy atom. The summed E-state index contributed by atoms with van der Waals surface area (Å²) in [6.45, 7) is 4.97. The van der Waals surface area contributed by atoms with Crippen LogP contribution in [0.1, 0.15) is 28.3 Å². The van der Waals surface area contributed by atoms with Gasteiger partial charge in [0, 0.05) is 23.0 Å². The lowest BCUT2D eigenvalue weighted by Gasteiger charge is -2.30. The molecule has 1 amide bonds. The maximum absolute atomic E-state index is 13.0. The zero-order chi connectivity index (χ0) is 19.6. The molecular formula is C18H25N3O4S2. The van der Waals surface area contributed by atoms with Crippen LogP contribution in [-0.2, 0) is 27.7 Å². The number of thiophene rings is 1. The van der Waals surface area contributed by atoms with E-state index >= 15 is 0 Å². The molecule has 2 aromatic rings. The number of nitrogens with zero attached hydrogens (tertiary/aromatic N) is 3. The third-order valence-electron chi connectivity index (χ3n) is 4.89. The Labute approximate surface area is 163 Å². The van der Waals surface area contributed by atoms with Gasteiger partial charge < -0.3 is 9.42 Å². The number of hydrogen-bond donors (Lipinski definition) is 0. The third kappa shape index (κ3) is 4.97. The molecule has 2 aromatic heterocycles. The Kier molecular flexibility index (Phi) is 6.02. The fourth-order valence-electron chi connectivity index (χ4n) is 3.39. The molecule has 0 aliphatic carbocycles. The van der Waals surface area contributed by atoms with Gasteiger partial charge in [-0.3, -0.25) is 9.69 Å². The standard InChI is InChI=1S/C18H25N3O4S2/c1-13-17(14(2)25-19-13)10-20(3)11-18(22)21(9-16-5-4-7-26-16)15-6-8-27(23,24)12-15/h4-5,7,15H,6,8-12H2,1-3H3. The van der Waals surface area contributed by atoms with Gasteiger partial charge in [-0.15, -0.1) is 11.3 Å². The van der Waals surface area contributed by atoms with Crippen molar-refractivity contribution >= 4 is 27.1 Å². The van der Waals surface area contributed by atoms with Gasteiger partial charge in [-0.05, 0) is 38.8 Å². The van der Waals surface area contributed by atoms with E-state index in [9.17, 15) is 13.2 Å². The smallest absolute Gasteiger partial charge is 0.237 e. The van der Waals surface area contributed by atoms with Crippen molar-refractivity contribution in [1.29, 1.82) is 0 Å². The molecule has 0 aromatic carbocycles. The molecular weight excluding hydrogens is 386 g/mol. The van der Waals surface area contributed by atoms with Crippen LogP contribution in [-0.4, -0.2) is 60.4 Å². The van der Waals surface area contributed by atoms with Gasteiger partial charge in [0.1, 0.15) is 5.76 Å². The van der Waals surface area contributed by atoms with Gasteiger partial charge >= 0.3 is 0 Å². The minimum atomic E-state index is -3.06. The highest BCUT2D eigenvalue weighted by Crippen LogP contribution is 2.22. The Balaban J connectivity index is 1.70. The average Bonchev–Trinajstić information content (AvgIpc) is 3.30. The van der Waals surface area contributed by atoms with Crippen molar-refractivity contribution in [3.63, 3.8) is 0 Å². The van der Waals surface area contributed by atoms with E-state index in [1.54, 1.807) is 16.2 Å². The summed E-state index contributed by atoms with van der Waals surface area (Å²) in [5.74, 6) is 0.905. The lowest BCUT2D eigenvalue weighted by molar-refractivity contribution is -0.134. The van der Waals surface area contributed by atoms with Crippen molar-refractivity contribution in [1.82, 2.24) is 15.0 Å². The number of carbonyl (C=O) groups is 1. The number of likely N-dealkylation sites (N-methyl/N-ethyl adjacent to an activating group) is 1. The summed E-state index contributed by atoms with van der Waals surface area (Å²) >= 11 is 1.58. The van der Waals surface area contributed by atoms with Crippen LogP contribution < -0.4 is 0 Å². The largest absolute Gasteiger partial charge is 0.361 e. The zero-order valence-electron chi connectivity index (χ0n) is 15.8. The second kappa shape index (κ2) is 8.12. The topological polar surface area (TPSA) is 83.7 Å². The molecule has 1 aliphatic heterocycles. The molecule has 0 radical (unpaired) electrons. The number of aromatic nitrogens is 1. The van der Waals surface area contributed by atoms with Gasteiger partial charge in [0.05, 0.1) is 30.3 Å². The highest BCUT2D eigenvalue weighted by Gasteiger charge is 2.35. The number of carbonyl (C=O) groups excluding carboxylic acids is 1. The predicted molar refractivity (Wildman–Crippen MR) is 104 cm³/mol. The third-order valence-corrected chi connectivity index (χ3v) is 7.50. The fraction of sp³-hybridized carbons (Fsp3) is 0.556. The lowest BCUT2D eigenvalue weighted by atomic mass is 10.2. The predicted octanol–water partition coefficient (Wildman–Crippen LogP) is 2.00. The first-order valence-electron chi connectivity index (χ1n) is 8.88. The maximum Gasteiger partial charge on any atom is 0.237 e. The molecule has 1 unspecified atom stereocenters.